The molecule has 0 spiro atoms. The molecule has 0 aliphatic rings. The zero-order valence-electron chi connectivity index (χ0n) is 14.9. The Labute approximate surface area is 159 Å². The quantitative estimate of drug-likeness (QED) is 0.582. The molecule has 7 heteroatoms. The molecule has 0 saturated heterocycles. The fourth-order valence-corrected chi connectivity index (χ4v) is 2.98. The highest BCUT2D eigenvalue weighted by atomic mass is 19.1. The Kier molecular flexibility index (Phi) is 4.72. The van der Waals surface area contributed by atoms with Gasteiger partial charge in [-0.3, -0.25) is 9.20 Å². The molecule has 1 N–H and O–H groups in total. The minimum atomic E-state index is -0.334. The van der Waals surface area contributed by atoms with Crippen LogP contribution in [-0.2, 0) is 17.8 Å². The van der Waals surface area contributed by atoms with Crippen molar-refractivity contribution < 1.29 is 9.18 Å². The lowest BCUT2D eigenvalue weighted by molar-refractivity contribution is -0.115. The topological polar surface area (TPSA) is 68.4 Å². The zero-order chi connectivity index (χ0) is 19.5. The molecule has 0 fully saturated rings. The summed E-state index contributed by atoms with van der Waals surface area (Å²) in [6.45, 7) is 0.294. The van der Waals surface area contributed by atoms with Crippen molar-refractivity contribution in [1.82, 2.24) is 14.2 Å². The van der Waals surface area contributed by atoms with E-state index in [1.54, 1.807) is 42.6 Å². The second-order valence-corrected chi connectivity index (χ2v) is 6.42. The summed E-state index contributed by atoms with van der Waals surface area (Å²) in [6.07, 6.45) is 1.82. The van der Waals surface area contributed by atoms with E-state index in [0.29, 0.717) is 17.9 Å². The summed E-state index contributed by atoms with van der Waals surface area (Å²) in [7, 11) is 0. The molecule has 2 aromatic heterocycles. The predicted molar refractivity (Wildman–Crippen MR) is 104 cm³/mol. The van der Waals surface area contributed by atoms with Crippen molar-refractivity contribution in [3.63, 3.8) is 0 Å². The maximum absolute atomic E-state index is 13.0. The van der Waals surface area contributed by atoms with Gasteiger partial charge in [0.1, 0.15) is 5.82 Å². The van der Waals surface area contributed by atoms with E-state index in [1.807, 2.05) is 18.2 Å². The average molecular weight is 376 g/mol. The summed E-state index contributed by atoms with van der Waals surface area (Å²) in [6, 6.07) is 18.5. The van der Waals surface area contributed by atoms with Crippen LogP contribution in [0.3, 0.4) is 0 Å². The predicted octanol–water partition coefficient (Wildman–Crippen LogP) is 2.86. The summed E-state index contributed by atoms with van der Waals surface area (Å²) in [5.74, 6) is -0.535. The van der Waals surface area contributed by atoms with Crippen LogP contribution in [0.4, 0.5) is 10.1 Å². The first-order valence-electron chi connectivity index (χ1n) is 8.76. The molecule has 4 aromatic rings. The van der Waals surface area contributed by atoms with Gasteiger partial charge < -0.3 is 5.32 Å². The van der Waals surface area contributed by atoms with Crippen molar-refractivity contribution >= 4 is 17.2 Å². The Morgan fingerprint density at radius 2 is 1.82 bits per heavy atom. The molecule has 0 unspecified atom stereocenters. The van der Waals surface area contributed by atoms with E-state index in [0.717, 1.165) is 11.1 Å². The lowest BCUT2D eigenvalue weighted by atomic mass is 10.1. The van der Waals surface area contributed by atoms with Crippen molar-refractivity contribution in [2.75, 3.05) is 5.32 Å². The smallest absolute Gasteiger partial charge is 0.326 e. The fraction of sp³-hybridized carbons (Fsp3) is 0.0952. The molecule has 0 bridgehead atoms. The van der Waals surface area contributed by atoms with Crippen LogP contribution in [0, 0.1) is 5.82 Å². The number of fused-ring (bicyclic) bond motifs is 1. The van der Waals surface area contributed by atoms with Gasteiger partial charge >= 0.3 is 5.69 Å². The van der Waals surface area contributed by atoms with Gasteiger partial charge in [0.05, 0.1) is 13.0 Å². The van der Waals surface area contributed by atoms with E-state index in [9.17, 15) is 14.0 Å². The van der Waals surface area contributed by atoms with Crippen LogP contribution < -0.4 is 11.0 Å². The highest BCUT2D eigenvalue weighted by Crippen LogP contribution is 2.13. The zero-order valence-corrected chi connectivity index (χ0v) is 14.9. The molecule has 1 amide bonds. The first-order valence-corrected chi connectivity index (χ1v) is 8.76. The van der Waals surface area contributed by atoms with Gasteiger partial charge in [-0.1, -0.05) is 30.3 Å². The molecule has 140 valence electrons. The first-order chi connectivity index (χ1) is 13.6. The minimum absolute atomic E-state index is 0.149. The van der Waals surface area contributed by atoms with Crippen LogP contribution in [0.2, 0.25) is 0 Å². The molecule has 0 atom stereocenters. The summed E-state index contributed by atoms with van der Waals surface area (Å²) in [5, 5.41) is 7.14. The van der Waals surface area contributed by atoms with Gasteiger partial charge in [0.25, 0.3) is 0 Å². The van der Waals surface area contributed by atoms with Crippen molar-refractivity contribution in [3.05, 3.63) is 100 Å². The molecule has 2 heterocycles. The number of benzene rings is 2. The number of hydrogen-bond acceptors (Lipinski definition) is 3. The van der Waals surface area contributed by atoms with Crippen LogP contribution in [-0.4, -0.2) is 20.1 Å². The van der Waals surface area contributed by atoms with Crippen molar-refractivity contribution in [1.29, 1.82) is 0 Å². The third-order valence-electron chi connectivity index (χ3n) is 4.31. The standard InChI is InChI=1S/C21H17FN4O2/c22-17-9-7-15(8-10-17)13-20(27)23-18-5-3-4-16(12-18)14-26-21(28)25-11-2-1-6-19(25)24-26/h1-12H,13-14H2,(H,23,27). The maximum Gasteiger partial charge on any atom is 0.350 e. The maximum atomic E-state index is 13.0. The van der Waals surface area contributed by atoms with Crippen LogP contribution in [0.5, 0.6) is 0 Å². The van der Waals surface area contributed by atoms with E-state index in [-0.39, 0.29) is 23.8 Å². The lowest BCUT2D eigenvalue weighted by Crippen LogP contribution is -2.21. The summed E-state index contributed by atoms with van der Waals surface area (Å²) in [4.78, 5) is 24.6. The number of aromatic nitrogens is 3. The molecular formula is C21H17FN4O2. The molecule has 2 aromatic carbocycles. The van der Waals surface area contributed by atoms with E-state index in [4.69, 9.17) is 0 Å². The third-order valence-corrected chi connectivity index (χ3v) is 4.31. The molecule has 0 radical (unpaired) electrons. The molecule has 6 nitrogen and oxygen atoms in total. The molecule has 0 aliphatic heterocycles. The number of rotatable bonds is 5. The monoisotopic (exact) mass is 376 g/mol. The fourth-order valence-electron chi connectivity index (χ4n) is 2.98. The molecular weight excluding hydrogens is 359 g/mol. The highest BCUT2D eigenvalue weighted by Gasteiger charge is 2.08. The van der Waals surface area contributed by atoms with Gasteiger partial charge in [-0.25, -0.2) is 13.9 Å². The van der Waals surface area contributed by atoms with E-state index < -0.39 is 0 Å². The van der Waals surface area contributed by atoms with Gasteiger partial charge in [0, 0.05) is 11.9 Å². The number of anilines is 1. The first kappa shape index (κ1) is 17.7. The van der Waals surface area contributed by atoms with E-state index in [2.05, 4.69) is 10.4 Å². The Morgan fingerprint density at radius 3 is 2.61 bits per heavy atom. The third kappa shape index (κ3) is 3.83. The van der Waals surface area contributed by atoms with Crippen molar-refractivity contribution in [3.8, 4) is 0 Å². The summed E-state index contributed by atoms with van der Waals surface area (Å²) < 4.78 is 15.8. The number of carbonyl (C=O) groups is 1. The van der Waals surface area contributed by atoms with Gasteiger partial charge in [-0.2, -0.15) is 0 Å². The van der Waals surface area contributed by atoms with Crippen molar-refractivity contribution in [2.24, 2.45) is 0 Å². The van der Waals surface area contributed by atoms with Gasteiger partial charge in [-0.05, 0) is 47.5 Å². The van der Waals surface area contributed by atoms with Crippen LogP contribution >= 0.6 is 0 Å². The molecule has 4 rings (SSSR count). The van der Waals surface area contributed by atoms with Crippen molar-refractivity contribution in [2.45, 2.75) is 13.0 Å². The molecule has 0 aliphatic carbocycles. The Morgan fingerprint density at radius 1 is 1.00 bits per heavy atom. The normalized spacial score (nSPS) is 10.9. The number of pyridine rings is 1. The SMILES string of the molecule is O=C(Cc1ccc(F)cc1)Nc1cccc(Cn2nc3ccccn3c2=O)c1. The van der Waals surface area contributed by atoms with E-state index in [1.165, 1.54) is 21.2 Å². The number of nitrogens with zero attached hydrogens (tertiary/aromatic N) is 3. The molecule has 28 heavy (non-hydrogen) atoms. The lowest BCUT2D eigenvalue weighted by Gasteiger charge is -2.08. The number of halogens is 1. The second-order valence-electron chi connectivity index (χ2n) is 6.42. The number of hydrogen-bond donors (Lipinski definition) is 1. The largest absolute Gasteiger partial charge is 0.350 e. The van der Waals surface area contributed by atoms with Gasteiger partial charge in [0.15, 0.2) is 5.65 Å². The summed E-state index contributed by atoms with van der Waals surface area (Å²) >= 11 is 0. The minimum Gasteiger partial charge on any atom is -0.326 e. The van der Waals surface area contributed by atoms with Gasteiger partial charge in [-0.15, -0.1) is 5.10 Å². The number of carbonyl (C=O) groups excluding carboxylic acids is 1. The number of nitrogens with one attached hydrogen (secondary N) is 1. The van der Waals surface area contributed by atoms with Gasteiger partial charge in [0.2, 0.25) is 5.91 Å². The highest BCUT2D eigenvalue weighted by molar-refractivity contribution is 5.92. The average Bonchev–Trinajstić information content (AvgIpc) is 3.00. The second kappa shape index (κ2) is 7.48. The van der Waals surface area contributed by atoms with Crippen LogP contribution in [0.15, 0.2) is 77.7 Å². The Balaban J connectivity index is 1.48. The number of amides is 1. The Bertz CT molecular complexity index is 1190. The van der Waals surface area contributed by atoms with Crippen LogP contribution in [0.25, 0.3) is 5.65 Å². The molecule has 0 saturated carbocycles. The Hall–Kier alpha value is -3.74. The van der Waals surface area contributed by atoms with E-state index >= 15 is 0 Å². The summed E-state index contributed by atoms with van der Waals surface area (Å²) in [5.41, 5.74) is 2.55. The van der Waals surface area contributed by atoms with Crippen LogP contribution in [0.1, 0.15) is 11.1 Å².